The lowest BCUT2D eigenvalue weighted by Gasteiger charge is -2.31. The molecule has 0 fully saturated rings. The van der Waals surface area contributed by atoms with Crippen LogP contribution >= 0.6 is 0 Å². The molecule has 0 saturated carbocycles. The van der Waals surface area contributed by atoms with E-state index < -0.39 is 6.10 Å². The van der Waals surface area contributed by atoms with Crippen molar-refractivity contribution in [1.82, 2.24) is 4.98 Å². The van der Waals surface area contributed by atoms with Crippen molar-refractivity contribution in [1.29, 1.82) is 0 Å². The van der Waals surface area contributed by atoms with Gasteiger partial charge in [-0.1, -0.05) is 44.5 Å². The molecule has 0 amide bonds. The number of ether oxygens (including phenoxy) is 2. The number of carbonyl (C=O) groups excluding carboxylic acids is 1. The minimum absolute atomic E-state index is 0.335. The SMILES string of the molecule is CC(=O)OC(C(=Cc1cccnc1)Oc1ccc(C)cc1C)C(C)(C)C. The maximum Gasteiger partial charge on any atom is 0.303 e. The Morgan fingerprint density at radius 1 is 1.19 bits per heavy atom. The van der Waals surface area contributed by atoms with Gasteiger partial charge in [0.15, 0.2) is 6.10 Å². The third-order valence-corrected chi connectivity index (χ3v) is 3.88. The standard InChI is InChI=1S/C22H27NO3/c1-15-9-10-19(16(2)12-15)26-20(13-18-8-7-11-23-14-18)21(22(4,5)6)25-17(3)24/h7-14,21H,1-6H3. The van der Waals surface area contributed by atoms with Crippen LogP contribution in [0.3, 0.4) is 0 Å². The average molecular weight is 353 g/mol. The lowest BCUT2D eigenvalue weighted by Crippen LogP contribution is -2.34. The molecule has 0 N–H and O–H groups in total. The first-order valence-corrected chi connectivity index (χ1v) is 8.71. The molecule has 0 aliphatic rings. The monoisotopic (exact) mass is 353 g/mol. The van der Waals surface area contributed by atoms with Crippen LogP contribution in [0, 0.1) is 19.3 Å². The second-order valence-corrected chi connectivity index (χ2v) is 7.56. The van der Waals surface area contributed by atoms with Crippen molar-refractivity contribution in [2.45, 2.75) is 47.6 Å². The van der Waals surface area contributed by atoms with Gasteiger partial charge in [0, 0.05) is 24.7 Å². The molecule has 1 unspecified atom stereocenters. The van der Waals surface area contributed by atoms with E-state index in [0.29, 0.717) is 5.76 Å². The van der Waals surface area contributed by atoms with Crippen molar-refractivity contribution in [3.63, 3.8) is 0 Å². The van der Waals surface area contributed by atoms with Gasteiger partial charge in [0.1, 0.15) is 11.5 Å². The number of hydrogen-bond acceptors (Lipinski definition) is 4. The highest BCUT2D eigenvalue weighted by atomic mass is 16.6. The fraction of sp³-hybridized carbons (Fsp3) is 0.364. The molecule has 0 bridgehead atoms. The molecule has 0 radical (unpaired) electrons. The summed E-state index contributed by atoms with van der Waals surface area (Å²) in [7, 11) is 0. The first-order valence-electron chi connectivity index (χ1n) is 8.71. The van der Waals surface area contributed by atoms with Crippen molar-refractivity contribution in [2.24, 2.45) is 5.41 Å². The van der Waals surface area contributed by atoms with Crippen molar-refractivity contribution in [2.75, 3.05) is 0 Å². The lowest BCUT2D eigenvalue weighted by atomic mass is 9.87. The van der Waals surface area contributed by atoms with Crippen LogP contribution < -0.4 is 4.74 Å². The van der Waals surface area contributed by atoms with Gasteiger partial charge in [-0.25, -0.2) is 0 Å². The molecular formula is C22H27NO3. The van der Waals surface area contributed by atoms with E-state index in [-0.39, 0.29) is 11.4 Å². The van der Waals surface area contributed by atoms with E-state index >= 15 is 0 Å². The van der Waals surface area contributed by atoms with E-state index in [9.17, 15) is 4.79 Å². The molecule has 0 aliphatic heterocycles. The summed E-state index contributed by atoms with van der Waals surface area (Å²) in [4.78, 5) is 15.9. The Labute approximate surface area is 155 Å². The normalized spacial score (nSPS) is 13.2. The summed E-state index contributed by atoms with van der Waals surface area (Å²) in [5.74, 6) is 0.978. The van der Waals surface area contributed by atoms with Gasteiger partial charge in [-0.2, -0.15) is 0 Å². The van der Waals surface area contributed by atoms with E-state index in [4.69, 9.17) is 9.47 Å². The molecule has 26 heavy (non-hydrogen) atoms. The Morgan fingerprint density at radius 2 is 1.92 bits per heavy atom. The largest absolute Gasteiger partial charge is 0.457 e. The second-order valence-electron chi connectivity index (χ2n) is 7.56. The van der Waals surface area contributed by atoms with Crippen molar-refractivity contribution >= 4 is 12.0 Å². The zero-order valence-electron chi connectivity index (χ0n) is 16.4. The van der Waals surface area contributed by atoms with Crippen LogP contribution in [0.15, 0.2) is 48.5 Å². The number of esters is 1. The molecule has 1 heterocycles. The van der Waals surface area contributed by atoms with Gasteiger partial charge < -0.3 is 9.47 Å². The van der Waals surface area contributed by atoms with Crippen LogP contribution in [0.2, 0.25) is 0 Å². The molecule has 2 aromatic rings. The van der Waals surface area contributed by atoms with Crippen LogP contribution in [-0.4, -0.2) is 17.1 Å². The number of aromatic nitrogens is 1. The summed E-state index contributed by atoms with van der Waals surface area (Å²) < 4.78 is 11.9. The lowest BCUT2D eigenvalue weighted by molar-refractivity contribution is -0.150. The Kier molecular flexibility index (Phi) is 6.19. The van der Waals surface area contributed by atoms with Crippen LogP contribution in [0.1, 0.15) is 44.4 Å². The Balaban J connectivity index is 2.50. The maximum atomic E-state index is 11.7. The quantitative estimate of drug-likeness (QED) is 0.554. The van der Waals surface area contributed by atoms with Gasteiger partial charge in [0.25, 0.3) is 0 Å². The van der Waals surface area contributed by atoms with Crippen molar-refractivity contribution < 1.29 is 14.3 Å². The average Bonchev–Trinajstić information content (AvgIpc) is 2.54. The summed E-state index contributed by atoms with van der Waals surface area (Å²) in [6, 6.07) is 9.80. The number of nitrogens with zero attached hydrogens (tertiary/aromatic N) is 1. The Morgan fingerprint density at radius 3 is 2.46 bits per heavy atom. The number of rotatable bonds is 5. The smallest absolute Gasteiger partial charge is 0.303 e. The summed E-state index contributed by atoms with van der Waals surface area (Å²) in [5.41, 5.74) is 2.74. The van der Waals surface area contributed by atoms with Crippen LogP contribution in [0.4, 0.5) is 0 Å². The van der Waals surface area contributed by atoms with Crippen LogP contribution in [-0.2, 0) is 9.53 Å². The van der Waals surface area contributed by atoms with Gasteiger partial charge >= 0.3 is 5.97 Å². The van der Waals surface area contributed by atoms with Gasteiger partial charge in [-0.05, 0) is 43.2 Å². The topological polar surface area (TPSA) is 48.4 Å². The highest BCUT2D eigenvalue weighted by Crippen LogP contribution is 2.32. The highest BCUT2D eigenvalue weighted by Gasteiger charge is 2.33. The minimum atomic E-state index is -0.527. The van der Waals surface area contributed by atoms with Crippen molar-refractivity contribution in [3.8, 4) is 5.75 Å². The number of carbonyl (C=O) groups is 1. The number of hydrogen-bond donors (Lipinski definition) is 0. The molecule has 4 nitrogen and oxygen atoms in total. The van der Waals surface area contributed by atoms with E-state index in [1.165, 1.54) is 12.5 Å². The zero-order valence-corrected chi connectivity index (χ0v) is 16.4. The van der Waals surface area contributed by atoms with E-state index in [1.54, 1.807) is 12.4 Å². The number of benzene rings is 1. The summed E-state index contributed by atoms with van der Waals surface area (Å²) in [6.45, 7) is 11.5. The summed E-state index contributed by atoms with van der Waals surface area (Å²) in [6.07, 6.45) is 4.82. The molecule has 0 aliphatic carbocycles. The zero-order chi connectivity index (χ0) is 19.3. The molecule has 4 heteroatoms. The predicted molar refractivity (Wildman–Crippen MR) is 104 cm³/mol. The Hall–Kier alpha value is -2.62. The molecule has 1 atom stereocenters. The highest BCUT2D eigenvalue weighted by molar-refractivity contribution is 5.67. The van der Waals surface area contributed by atoms with Crippen molar-refractivity contribution in [3.05, 3.63) is 65.2 Å². The molecule has 138 valence electrons. The third kappa shape index (κ3) is 5.45. The fourth-order valence-electron chi connectivity index (χ4n) is 2.65. The molecular weight excluding hydrogens is 326 g/mol. The van der Waals surface area contributed by atoms with Gasteiger partial charge in [-0.3, -0.25) is 9.78 Å². The molecule has 2 rings (SSSR count). The van der Waals surface area contributed by atoms with Gasteiger partial charge in [0.05, 0.1) is 0 Å². The fourth-order valence-corrected chi connectivity index (χ4v) is 2.65. The first-order chi connectivity index (χ1) is 12.2. The predicted octanol–water partition coefficient (Wildman–Crippen LogP) is 5.10. The first kappa shape index (κ1) is 19.7. The maximum absolute atomic E-state index is 11.7. The summed E-state index contributed by atoms with van der Waals surface area (Å²) in [5, 5.41) is 0. The second kappa shape index (κ2) is 8.17. The van der Waals surface area contributed by atoms with Gasteiger partial charge in [-0.15, -0.1) is 0 Å². The third-order valence-electron chi connectivity index (χ3n) is 3.88. The molecule has 0 saturated heterocycles. The van der Waals surface area contributed by atoms with Crippen LogP contribution in [0.5, 0.6) is 5.75 Å². The number of aryl methyl sites for hydroxylation is 2. The molecule has 0 spiro atoms. The van der Waals surface area contributed by atoms with E-state index in [0.717, 1.165) is 16.9 Å². The minimum Gasteiger partial charge on any atom is -0.457 e. The van der Waals surface area contributed by atoms with Crippen LogP contribution in [0.25, 0.3) is 6.08 Å². The molecule has 1 aromatic heterocycles. The molecule has 1 aromatic carbocycles. The van der Waals surface area contributed by atoms with Gasteiger partial charge in [0.2, 0.25) is 0 Å². The number of pyridine rings is 1. The summed E-state index contributed by atoms with van der Waals surface area (Å²) >= 11 is 0. The Bertz CT molecular complexity index is 789. The van der Waals surface area contributed by atoms with E-state index in [2.05, 4.69) is 11.1 Å². The van der Waals surface area contributed by atoms with E-state index in [1.807, 2.05) is 65.0 Å².